The molecular formula is C19H16Cl2N2S. The van der Waals surface area contributed by atoms with Crippen molar-refractivity contribution in [1.82, 2.24) is 9.55 Å². The van der Waals surface area contributed by atoms with E-state index in [9.17, 15) is 0 Å². The lowest BCUT2D eigenvalue weighted by atomic mass is 10.2. The SMILES string of the molecule is Clc1ccc(SC(C=Cc2ccccc2)Cn2ccnc2)cc1Cl. The van der Waals surface area contributed by atoms with Gasteiger partial charge in [0.2, 0.25) is 0 Å². The molecule has 0 spiro atoms. The van der Waals surface area contributed by atoms with Crippen molar-refractivity contribution in [3.63, 3.8) is 0 Å². The normalized spacial score (nSPS) is 12.6. The van der Waals surface area contributed by atoms with Crippen molar-refractivity contribution >= 4 is 41.0 Å². The van der Waals surface area contributed by atoms with Gasteiger partial charge in [-0.1, -0.05) is 65.7 Å². The Bertz CT molecular complexity index is 801. The monoisotopic (exact) mass is 374 g/mol. The van der Waals surface area contributed by atoms with E-state index in [4.69, 9.17) is 23.2 Å². The highest BCUT2D eigenvalue weighted by Crippen LogP contribution is 2.31. The molecular weight excluding hydrogens is 359 g/mol. The molecule has 0 saturated carbocycles. The second-order valence-electron chi connectivity index (χ2n) is 5.26. The van der Waals surface area contributed by atoms with Gasteiger partial charge in [-0.25, -0.2) is 4.98 Å². The van der Waals surface area contributed by atoms with E-state index < -0.39 is 0 Å². The Kier molecular flexibility index (Phi) is 6.02. The quantitative estimate of drug-likeness (QED) is 0.487. The molecule has 1 heterocycles. The Morgan fingerprint density at radius 2 is 1.92 bits per heavy atom. The van der Waals surface area contributed by atoms with Crippen LogP contribution in [-0.4, -0.2) is 14.8 Å². The summed E-state index contributed by atoms with van der Waals surface area (Å²) in [5, 5.41) is 1.40. The van der Waals surface area contributed by atoms with Crippen molar-refractivity contribution in [3.8, 4) is 0 Å². The maximum Gasteiger partial charge on any atom is 0.0946 e. The molecule has 0 radical (unpaired) electrons. The van der Waals surface area contributed by atoms with E-state index in [0.29, 0.717) is 10.0 Å². The third-order valence-electron chi connectivity index (χ3n) is 3.43. The van der Waals surface area contributed by atoms with Crippen molar-refractivity contribution in [2.45, 2.75) is 16.7 Å². The summed E-state index contributed by atoms with van der Waals surface area (Å²) in [5.41, 5.74) is 1.18. The lowest BCUT2D eigenvalue weighted by molar-refractivity contribution is 0.720. The zero-order valence-corrected chi connectivity index (χ0v) is 15.2. The molecule has 0 amide bonds. The van der Waals surface area contributed by atoms with Gasteiger partial charge < -0.3 is 4.57 Å². The zero-order valence-electron chi connectivity index (χ0n) is 12.8. The first-order valence-electron chi connectivity index (χ1n) is 7.51. The first-order chi connectivity index (χ1) is 11.7. The second kappa shape index (κ2) is 8.43. The highest BCUT2D eigenvalue weighted by molar-refractivity contribution is 8.00. The molecule has 5 heteroatoms. The Balaban J connectivity index is 1.78. The molecule has 0 aliphatic heterocycles. The molecule has 3 rings (SSSR count). The van der Waals surface area contributed by atoms with Gasteiger partial charge in [-0.3, -0.25) is 0 Å². The summed E-state index contributed by atoms with van der Waals surface area (Å²) in [6.45, 7) is 0.828. The van der Waals surface area contributed by atoms with Crippen LogP contribution >= 0.6 is 35.0 Å². The highest BCUT2D eigenvalue weighted by atomic mass is 35.5. The number of halogens is 2. The fraction of sp³-hybridized carbons (Fsp3) is 0.105. The van der Waals surface area contributed by atoms with Crippen LogP contribution in [0.2, 0.25) is 10.0 Å². The predicted molar refractivity (Wildman–Crippen MR) is 104 cm³/mol. The first kappa shape index (κ1) is 17.2. The molecule has 0 bridgehead atoms. The summed E-state index contributed by atoms with van der Waals surface area (Å²) in [7, 11) is 0. The van der Waals surface area contributed by atoms with E-state index in [1.807, 2.05) is 48.9 Å². The van der Waals surface area contributed by atoms with E-state index in [2.05, 4.69) is 33.8 Å². The Hall–Kier alpha value is -1.68. The number of hydrogen-bond acceptors (Lipinski definition) is 2. The van der Waals surface area contributed by atoms with E-state index in [0.717, 1.165) is 11.4 Å². The average Bonchev–Trinajstić information content (AvgIpc) is 3.10. The van der Waals surface area contributed by atoms with Gasteiger partial charge in [0, 0.05) is 29.1 Å². The number of hydrogen-bond donors (Lipinski definition) is 0. The highest BCUT2D eigenvalue weighted by Gasteiger charge is 2.10. The maximum absolute atomic E-state index is 6.13. The number of rotatable bonds is 6. The average molecular weight is 375 g/mol. The number of nitrogens with zero attached hydrogens (tertiary/aromatic N) is 2. The summed E-state index contributed by atoms with van der Waals surface area (Å²) >= 11 is 13.9. The summed E-state index contributed by atoms with van der Waals surface area (Å²) in [4.78, 5) is 5.21. The largest absolute Gasteiger partial charge is 0.336 e. The minimum absolute atomic E-state index is 0.247. The van der Waals surface area contributed by atoms with Crippen LogP contribution in [0.15, 0.2) is 78.2 Å². The fourth-order valence-corrected chi connectivity index (χ4v) is 3.70. The van der Waals surface area contributed by atoms with Crippen LogP contribution in [0.3, 0.4) is 0 Å². The minimum Gasteiger partial charge on any atom is -0.336 e. The van der Waals surface area contributed by atoms with E-state index in [-0.39, 0.29) is 5.25 Å². The third kappa shape index (κ3) is 4.91. The van der Waals surface area contributed by atoms with Gasteiger partial charge >= 0.3 is 0 Å². The van der Waals surface area contributed by atoms with Gasteiger partial charge in [-0.2, -0.15) is 0 Å². The van der Waals surface area contributed by atoms with E-state index >= 15 is 0 Å². The van der Waals surface area contributed by atoms with Crippen molar-refractivity contribution in [2.75, 3.05) is 0 Å². The Labute approximate surface area is 156 Å². The lowest BCUT2D eigenvalue weighted by Gasteiger charge is -2.14. The molecule has 0 fully saturated rings. The van der Waals surface area contributed by atoms with Crippen molar-refractivity contribution in [1.29, 1.82) is 0 Å². The van der Waals surface area contributed by atoms with Crippen LogP contribution in [0.25, 0.3) is 6.08 Å². The molecule has 1 atom stereocenters. The number of imidazole rings is 1. The van der Waals surface area contributed by atoms with Gasteiger partial charge in [0.1, 0.15) is 0 Å². The van der Waals surface area contributed by atoms with Gasteiger partial charge in [0.15, 0.2) is 0 Å². The van der Waals surface area contributed by atoms with Crippen LogP contribution in [0, 0.1) is 0 Å². The van der Waals surface area contributed by atoms with Crippen LogP contribution < -0.4 is 0 Å². The molecule has 0 aliphatic rings. The van der Waals surface area contributed by atoms with Crippen LogP contribution in [0.4, 0.5) is 0 Å². The van der Waals surface area contributed by atoms with Crippen LogP contribution in [0.5, 0.6) is 0 Å². The summed E-state index contributed by atoms with van der Waals surface area (Å²) < 4.78 is 2.07. The topological polar surface area (TPSA) is 17.8 Å². The van der Waals surface area contributed by atoms with Gasteiger partial charge in [0.25, 0.3) is 0 Å². The molecule has 1 unspecified atom stereocenters. The van der Waals surface area contributed by atoms with Gasteiger partial charge in [-0.15, -0.1) is 11.8 Å². The summed E-state index contributed by atoms with van der Waals surface area (Å²) in [6, 6.07) is 16.0. The van der Waals surface area contributed by atoms with Crippen molar-refractivity contribution in [3.05, 3.63) is 88.9 Å². The molecule has 1 aromatic heterocycles. The molecule has 122 valence electrons. The number of aromatic nitrogens is 2. The van der Waals surface area contributed by atoms with Gasteiger partial charge in [-0.05, 0) is 23.8 Å². The smallest absolute Gasteiger partial charge is 0.0946 e. The van der Waals surface area contributed by atoms with Crippen LogP contribution in [-0.2, 0) is 6.54 Å². The molecule has 2 nitrogen and oxygen atoms in total. The third-order valence-corrected chi connectivity index (χ3v) is 5.31. The second-order valence-corrected chi connectivity index (χ2v) is 7.39. The minimum atomic E-state index is 0.247. The first-order valence-corrected chi connectivity index (χ1v) is 9.15. The van der Waals surface area contributed by atoms with E-state index in [1.54, 1.807) is 18.0 Å². The molecule has 0 saturated heterocycles. The lowest BCUT2D eigenvalue weighted by Crippen LogP contribution is -2.09. The standard InChI is InChI=1S/C19H16Cl2N2S/c20-18-9-8-16(12-19(18)21)24-17(13-23-11-10-22-14-23)7-6-15-4-2-1-3-5-15/h1-12,14,17H,13H2. The number of thioether (sulfide) groups is 1. The van der Waals surface area contributed by atoms with Crippen LogP contribution in [0.1, 0.15) is 5.56 Å². The summed E-state index contributed by atoms with van der Waals surface area (Å²) in [5.74, 6) is 0. The van der Waals surface area contributed by atoms with Crippen molar-refractivity contribution in [2.24, 2.45) is 0 Å². The Morgan fingerprint density at radius 3 is 2.62 bits per heavy atom. The van der Waals surface area contributed by atoms with Crippen molar-refractivity contribution < 1.29 is 0 Å². The Morgan fingerprint density at radius 1 is 1.08 bits per heavy atom. The van der Waals surface area contributed by atoms with Gasteiger partial charge in [0.05, 0.1) is 16.4 Å². The molecule has 0 N–H and O–H groups in total. The molecule has 24 heavy (non-hydrogen) atoms. The summed E-state index contributed by atoms with van der Waals surface area (Å²) in [6.07, 6.45) is 9.95. The maximum atomic E-state index is 6.13. The molecule has 0 aliphatic carbocycles. The molecule has 3 aromatic rings. The fourth-order valence-electron chi connectivity index (χ4n) is 2.25. The van der Waals surface area contributed by atoms with E-state index in [1.165, 1.54) is 5.56 Å². The number of benzene rings is 2. The zero-order chi connectivity index (χ0) is 16.8. The predicted octanol–water partition coefficient (Wildman–Crippen LogP) is 6.06. The molecule has 2 aromatic carbocycles.